The predicted molar refractivity (Wildman–Crippen MR) is 58.9 cm³/mol. The summed E-state index contributed by atoms with van der Waals surface area (Å²) in [5.41, 5.74) is 0.888. The Labute approximate surface area is 86.4 Å². The summed E-state index contributed by atoms with van der Waals surface area (Å²) in [6, 6.07) is 4.05. The molecule has 0 saturated carbocycles. The monoisotopic (exact) mass is 205 g/mol. The Morgan fingerprint density at radius 3 is 2.93 bits per heavy atom. The first kappa shape index (κ1) is 8.17. The zero-order valence-electron chi connectivity index (χ0n) is 7.81. The van der Waals surface area contributed by atoms with Gasteiger partial charge in [-0.05, 0) is 25.0 Å². The van der Waals surface area contributed by atoms with Gasteiger partial charge in [-0.1, -0.05) is 11.3 Å². The third kappa shape index (κ3) is 1.26. The van der Waals surface area contributed by atoms with Crippen LogP contribution in [0, 0.1) is 0 Å². The van der Waals surface area contributed by atoms with Crippen molar-refractivity contribution in [2.75, 3.05) is 18.0 Å². The molecule has 72 valence electrons. The maximum atomic E-state index is 4.53. The van der Waals surface area contributed by atoms with Crippen molar-refractivity contribution >= 4 is 26.8 Å². The van der Waals surface area contributed by atoms with Crippen molar-refractivity contribution in [1.29, 1.82) is 0 Å². The van der Waals surface area contributed by atoms with Crippen LogP contribution in [0.4, 0.5) is 5.13 Å². The fourth-order valence-electron chi connectivity index (χ4n) is 1.80. The number of fused-ring (bicyclic) bond motifs is 1. The molecule has 0 aromatic carbocycles. The highest BCUT2D eigenvalue weighted by Gasteiger charge is 2.16. The second kappa shape index (κ2) is 3.20. The molecule has 1 saturated heterocycles. The van der Waals surface area contributed by atoms with Crippen LogP contribution in [0.1, 0.15) is 12.8 Å². The van der Waals surface area contributed by atoms with Gasteiger partial charge in [-0.2, -0.15) is 4.98 Å². The van der Waals surface area contributed by atoms with Crippen LogP contribution in [0.3, 0.4) is 0 Å². The highest BCUT2D eigenvalue weighted by molar-refractivity contribution is 7.22. The number of hydrogen-bond donors (Lipinski definition) is 0. The van der Waals surface area contributed by atoms with Gasteiger partial charge < -0.3 is 4.90 Å². The Balaban J connectivity index is 2.05. The lowest BCUT2D eigenvalue weighted by molar-refractivity contribution is 0.949. The minimum Gasteiger partial charge on any atom is -0.348 e. The first-order valence-corrected chi connectivity index (χ1v) is 5.72. The Morgan fingerprint density at radius 2 is 2.14 bits per heavy atom. The minimum absolute atomic E-state index is 0.888. The molecule has 3 rings (SSSR count). The lowest BCUT2D eigenvalue weighted by atomic mass is 10.4. The summed E-state index contributed by atoms with van der Waals surface area (Å²) in [5.74, 6) is 0. The molecular formula is C10H11N3S. The topological polar surface area (TPSA) is 29.0 Å². The normalized spacial score (nSPS) is 16.7. The molecule has 0 bridgehead atoms. The van der Waals surface area contributed by atoms with Gasteiger partial charge in [0.15, 0.2) is 10.8 Å². The van der Waals surface area contributed by atoms with Crippen molar-refractivity contribution in [3.8, 4) is 0 Å². The minimum atomic E-state index is 0.888. The highest BCUT2D eigenvalue weighted by atomic mass is 32.1. The number of thiazole rings is 1. The van der Waals surface area contributed by atoms with E-state index in [0.717, 1.165) is 23.9 Å². The molecule has 0 spiro atoms. The zero-order chi connectivity index (χ0) is 9.38. The molecule has 2 aromatic rings. The van der Waals surface area contributed by atoms with Gasteiger partial charge in [-0.25, -0.2) is 4.98 Å². The largest absolute Gasteiger partial charge is 0.348 e. The van der Waals surface area contributed by atoms with E-state index in [0.29, 0.717) is 0 Å². The Morgan fingerprint density at radius 1 is 1.29 bits per heavy atom. The molecule has 0 amide bonds. The van der Waals surface area contributed by atoms with E-state index in [1.807, 2.05) is 6.07 Å². The van der Waals surface area contributed by atoms with Gasteiger partial charge in [0.25, 0.3) is 0 Å². The second-order valence-corrected chi connectivity index (χ2v) is 4.52. The molecule has 0 aliphatic carbocycles. The summed E-state index contributed by atoms with van der Waals surface area (Å²) in [7, 11) is 0. The SMILES string of the molecule is c1cnc2nc(N3CCCC3)sc2c1. The average Bonchev–Trinajstić information content (AvgIpc) is 2.86. The van der Waals surface area contributed by atoms with Crippen LogP contribution < -0.4 is 4.90 Å². The molecule has 1 fully saturated rings. The lowest BCUT2D eigenvalue weighted by Gasteiger charge is -2.11. The van der Waals surface area contributed by atoms with E-state index in [1.54, 1.807) is 17.5 Å². The molecule has 0 radical (unpaired) electrons. The predicted octanol–water partition coefficient (Wildman–Crippen LogP) is 2.29. The van der Waals surface area contributed by atoms with E-state index in [4.69, 9.17) is 0 Å². The molecule has 3 nitrogen and oxygen atoms in total. The van der Waals surface area contributed by atoms with Gasteiger partial charge >= 0.3 is 0 Å². The molecule has 14 heavy (non-hydrogen) atoms. The number of aromatic nitrogens is 2. The third-order valence-electron chi connectivity index (χ3n) is 2.53. The number of anilines is 1. The Bertz CT molecular complexity index is 412. The van der Waals surface area contributed by atoms with Crippen molar-refractivity contribution < 1.29 is 0 Å². The van der Waals surface area contributed by atoms with Gasteiger partial charge in [-0.3, -0.25) is 0 Å². The van der Waals surface area contributed by atoms with Gasteiger partial charge in [0, 0.05) is 19.3 Å². The van der Waals surface area contributed by atoms with Crippen LogP contribution in [0.25, 0.3) is 10.3 Å². The molecular weight excluding hydrogens is 194 g/mol. The fraction of sp³-hybridized carbons (Fsp3) is 0.400. The van der Waals surface area contributed by atoms with Crippen LogP contribution in [0.15, 0.2) is 18.3 Å². The number of hydrogen-bond acceptors (Lipinski definition) is 4. The fourth-order valence-corrected chi connectivity index (χ4v) is 2.78. The number of pyridine rings is 1. The number of rotatable bonds is 1. The molecule has 2 aromatic heterocycles. The van der Waals surface area contributed by atoms with E-state index < -0.39 is 0 Å². The van der Waals surface area contributed by atoms with E-state index in [-0.39, 0.29) is 0 Å². The van der Waals surface area contributed by atoms with Gasteiger partial charge in [-0.15, -0.1) is 0 Å². The lowest BCUT2D eigenvalue weighted by Crippen LogP contribution is -2.16. The summed E-state index contributed by atoms with van der Waals surface area (Å²) in [4.78, 5) is 11.1. The summed E-state index contributed by atoms with van der Waals surface area (Å²) in [6.07, 6.45) is 4.39. The number of nitrogens with zero attached hydrogens (tertiary/aromatic N) is 3. The van der Waals surface area contributed by atoms with Crippen molar-refractivity contribution in [3.63, 3.8) is 0 Å². The van der Waals surface area contributed by atoms with E-state index in [2.05, 4.69) is 20.9 Å². The van der Waals surface area contributed by atoms with E-state index in [1.165, 1.54) is 17.5 Å². The summed E-state index contributed by atoms with van der Waals surface area (Å²) >= 11 is 1.75. The Kier molecular flexibility index (Phi) is 1.87. The Hall–Kier alpha value is -1.16. The molecule has 1 aliphatic heterocycles. The first-order chi connectivity index (χ1) is 6.93. The van der Waals surface area contributed by atoms with Gasteiger partial charge in [0.05, 0.1) is 4.70 Å². The quantitative estimate of drug-likeness (QED) is 0.715. The maximum absolute atomic E-state index is 4.53. The molecule has 1 aliphatic rings. The van der Waals surface area contributed by atoms with Crippen LogP contribution in [0.5, 0.6) is 0 Å². The van der Waals surface area contributed by atoms with E-state index >= 15 is 0 Å². The summed E-state index contributed by atoms with van der Waals surface area (Å²) in [6.45, 7) is 2.31. The smallest absolute Gasteiger partial charge is 0.188 e. The van der Waals surface area contributed by atoms with Crippen molar-refractivity contribution in [2.45, 2.75) is 12.8 Å². The van der Waals surface area contributed by atoms with Crippen LogP contribution in [-0.4, -0.2) is 23.1 Å². The molecule has 0 unspecified atom stereocenters. The maximum Gasteiger partial charge on any atom is 0.188 e. The molecule has 0 N–H and O–H groups in total. The van der Waals surface area contributed by atoms with Crippen molar-refractivity contribution in [3.05, 3.63) is 18.3 Å². The summed E-state index contributed by atoms with van der Waals surface area (Å²) in [5, 5.41) is 1.14. The van der Waals surface area contributed by atoms with Crippen LogP contribution in [0.2, 0.25) is 0 Å². The molecule has 0 atom stereocenters. The zero-order valence-corrected chi connectivity index (χ0v) is 8.63. The summed E-state index contributed by atoms with van der Waals surface area (Å²) < 4.78 is 1.19. The van der Waals surface area contributed by atoms with E-state index in [9.17, 15) is 0 Å². The van der Waals surface area contributed by atoms with Crippen LogP contribution in [-0.2, 0) is 0 Å². The first-order valence-electron chi connectivity index (χ1n) is 4.90. The van der Waals surface area contributed by atoms with Crippen LogP contribution >= 0.6 is 11.3 Å². The molecule has 4 heteroatoms. The standard InChI is InChI=1S/C10H11N3S/c1-2-7-13(6-1)10-12-9-8(14-10)4-3-5-11-9/h3-5H,1-2,6-7H2. The van der Waals surface area contributed by atoms with Gasteiger partial charge in [0.1, 0.15) is 0 Å². The average molecular weight is 205 g/mol. The second-order valence-electron chi connectivity index (χ2n) is 3.52. The van der Waals surface area contributed by atoms with Crippen molar-refractivity contribution in [2.24, 2.45) is 0 Å². The third-order valence-corrected chi connectivity index (χ3v) is 3.60. The molecule has 3 heterocycles. The highest BCUT2D eigenvalue weighted by Crippen LogP contribution is 2.29. The van der Waals surface area contributed by atoms with Crippen molar-refractivity contribution in [1.82, 2.24) is 9.97 Å². The van der Waals surface area contributed by atoms with Gasteiger partial charge in [0.2, 0.25) is 0 Å².